The van der Waals surface area contributed by atoms with E-state index in [1.807, 2.05) is 31.2 Å². The molecule has 0 unspecified atom stereocenters. The average molecular weight is 295 g/mol. The van der Waals surface area contributed by atoms with Crippen LogP contribution in [0, 0.1) is 6.92 Å². The highest BCUT2D eigenvalue weighted by Crippen LogP contribution is 2.13. The molecule has 7 heteroatoms. The van der Waals surface area contributed by atoms with E-state index in [0.29, 0.717) is 19.1 Å². The number of aromatic nitrogens is 3. The van der Waals surface area contributed by atoms with Gasteiger partial charge >= 0.3 is 6.01 Å². The number of nitrogens with zero attached hydrogens (tertiary/aromatic N) is 3. The topological polar surface area (TPSA) is 69.2 Å². The Balaban J connectivity index is 1.82. The third-order valence-corrected chi connectivity index (χ3v) is 2.58. The van der Waals surface area contributed by atoms with Gasteiger partial charge in [-0.2, -0.15) is 15.0 Å². The number of benzene rings is 1. The molecule has 2 rings (SSSR count). The summed E-state index contributed by atoms with van der Waals surface area (Å²) in [6.07, 6.45) is 0. The van der Waals surface area contributed by atoms with Crippen molar-refractivity contribution in [2.75, 3.05) is 25.6 Å². The lowest BCUT2D eigenvalue weighted by atomic mass is 10.2. The smallest absolute Gasteiger partial charge is 0.322 e. The predicted molar refractivity (Wildman–Crippen MR) is 76.6 cm³/mol. The van der Waals surface area contributed by atoms with Crippen LogP contribution in [0.4, 0.5) is 5.95 Å². The van der Waals surface area contributed by atoms with Gasteiger partial charge in [-0.15, -0.1) is 0 Å². The Kier molecular flexibility index (Phi) is 4.95. The van der Waals surface area contributed by atoms with Gasteiger partial charge in [-0.25, -0.2) is 0 Å². The summed E-state index contributed by atoms with van der Waals surface area (Å²) in [5.41, 5.74) is 1.16. The molecule has 0 fully saturated rings. The van der Waals surface area contributed by atoms with Crippen molar-refractivity contribution in [2.45, 2.75) is 6.92 Å². The zero-order valence-corrected chi connectivity index (χ0v) is 12.0. The van der Waals surface area contributed by atoms with Crippen LogP contribution in [0.1, 0.15) is 5.56 Å². The lowest BCUT2D eigenvalue weighted by molar-refractivity contribution is 0.332. The van der Waals surface area contributed by atoms with Crippen molar-refractivity contribution < 1.29 is 9.47 Å². The molecule has 0 saturated heterocycles. The molecule has 2 aromatic rings. The molecule has 1 aromatic carbocycles. The second-order valence-electron chi connectivity index (χ2n) is 4.01. The average Bonchev–Trinajstić information content (AvgIpc) is 2.43. The first-order valence-corrected chi connectivity index (χ1v) is 6.44. The Hall–Kier alpha value is -2.08. The summed E-state index contributed by atoms with van der Waals surface area (Å²) in [6, 6.07) is 8.03. The van der Waals surface area contributed by atoms with Gasteiger partial charge in [0.2, 0.25) is 11.2 Å². The number of methoxy groups -OCH3 is 1. The Morgan fingerprint density at radius 2 is 2.10 bits per heavy atom. The third kappa shape index (κ3) is 4.24. The molecule has 0 atom stereocenters. The van der Waals surface area contributed by atoms with Gasteiger partial charge in [0.15, 0.2) is 0 Å². The van der Waals surface area contributed by atoms with E-state index in [9.17, 15) is 0 Å². The molecule has 20 heavy (non-hydrogen) atoms. The van der Waals surface area contributed by atoms with Crippen molar-refractivity contribution in [1.82, 2.24) is 15.0 Å². The fourth-order valence-corrected chi connectivity index (χ4v) is 1.69. The van der Waals surface area contributed by atoms with Crippen molar-refractivity contribution in [1.29, 1.82) is 0 Å². The molecule has 0 radical (unpaired) electrons. The Bertz CT molecular complexity index is 580. The number of ether oxygens (including phenoxy) is 2. The number of aryl methyl sites for hydroxylation is 1. The molecule has 0 aliphatic carbocycles. The zero-order chi connectivity index (χ0) is 14.4. The SMILES string of the molecule is COc1nc(Cl)nc(NCCOc2cccc(C)c2)n1. The molecule has 0 amide bonds. The van der Waals surface area contributed by atoms with Gasteiger partial charge in [-0.1, -0.05) is 12.1 Å². The molecule has 0 spiro atoms. The monoisotopic (exact) mass is 294 g/mol. The van der Waals surface area contributed by atoms with E-state index in [2.05, 4.69) is 20.3 Å². The zero-order valence-electron chi connectivity index (χ0n) is 11.3. The van der Waals surface area contributed by atoms with Gasteiger partial charge in [0.25, 0.3) is 0 Å². The van der Waals surface area contributed by atoms with Crippen LogP contribution < -0.4 is 14.8 Å². The lowest BCUT2D eigenvalue weighted by Crippen LogP contribution is -2.14. The second kappa shape index (κ2) is 6.91. The first-order valence-electron chi connectivity index (χ1n) is 6.06. The van der Waals surface area contributed by atoms with E-state index >= 15 is 0 Å². The largest absolute Gasteiger partial charge is 0.492 e. The van der Waals surface area contributed by atoms with Gasteiger partial charge in [0, 0.05) is 0 Å². The highest BCUT2D eigenvalue weighted by Gasteiger charge is 2.04. The number of halogens is 1. The molecule has 0 bridgehead atoms. The van der Waals surface area contributed by atoms with Crippen molar-refractivity contribution in [2.24, 2.45) is 0 Å². The number of hydrogen-bond acceptors (Lipinski definition) is 6. The molecule has 1 N–H and O–H groups in total. The first-order chi connectivity index (χ1) is 9.67. The maximum absolute atomic E-state index is 5.74. The standard InChI is InChI=1S/C13H15ClN4O2/c1-9-4-3-5-10(8-9)20-7-6-15-12-16-11(14)17-13(18-12)19-2/h3-5,8H,6-7H2,1-2H3,(H,15,16,17,18). The Labute approximate surface area is 122 Å². The predicted octanol–water partition coefficient (Wildman–Crippen LogP) is 2.33. The van der Waals surface area contributed by atoms with Gasteiger partial charge in [-0.05, 0) is 36.2 Å². The summed E-state index contributed by atoms with van der Waals surface area (Å²) in [6.45, 7) is 3.04. The number of rotatable bonds is 6. The molecule has 0 saturated carbocycles. The van der Waals surface area contributed by atoms with Crippen LogP contribution in [-0.2, 0) is 0 Å². The van der Waals surface area contributed by atoms with E-state index in [0.717, 1.165) is 11.3 Å². The summed E-state index contributed by atoms with van der Waals surface area (Å²) in [4.78, 5) is 11.7. The van der Waals surface area contributed by atoms with Gasteiger partial charge < -0.3 is 14.8 Å². The minimum atomic E-state index is 0.0824. The van der Waals surface area contributed by atoms with Crippen molar-refractivity contribution in [3.8, 4) is 11.8 Å². The molecular weight excluding hydrogens is 280 g/mol. The van der Waals surface area contributed by atoms with Gasteiger partial charge in [-0.3, -0.25) is 0 Å². The molecule has 0 aliphatic rings. The fourth-order valence-electron chi connectivity index (χ4n) is 1.54. The van der Waals surface area contributed by atoms with E-state index in [1.165, 1.54) is 7.11 Å². The number of anilines is 1. The summed E-state index contributed by atoms with van der Waals surface area (Å²) in [5.74, 6) is 1.19. The lowest BCUT2D eigenvalue weighted by Gasteiger charge is -2.08. The number of hydrogen-bond donors (Lipinski definition) is 1. The van der Waals surface area contributed by atoms with Crippen LogP contribution in [0.5, 0.6) is 11.8 Å². The van der Waals surface area contributed by atoms with Crippen LogP contribution in [0.15, 0.2) is 24.3 Å². The van der Waals surface area contributed by atoms with Gasteiger partial charge in [0.1, 0.15) is 12.4 Å². The van der Waals surface area contributed by atoms with E-state index in [4.69, 9.17) is 21.1 Å². The third-order valence-electron chi connectivity index (χ3n) is 2.41. The maximum Gasteiger partial charge on any atom is 0.322 e. The first kappa shape index (κ1) is 14.3. The molecule has 1 heterocycles. The van der Waals surface area contributed by atoms with Gasteiger partial charge in [0.05, 0.1) is 13.7 Å². The van der Waals surface area contributed by atoms with Crippen LogP contribution >= 0.6 is 11.6 Å². The van der Waals surface area contributed by atoms with E-state index in [-0.39, 0.29) is 11.3 Å². The summed E-state index contributed by atoms with van der Waals surface area (Å²) < 4.78 is 10.5. The Morgan fingerprint density at radius 3 is 2.85 bits per heavy atom. The molecule has 6 nitrogen and oxygen atoms in total. The van der Waals surface area contributed by atoms with Crippen molar-refractivity contribution in [3.63, 3.8) is 0 Å². The fraction of sp³-hybridized carbons (Fsp3) is 0.308. The quantitative estimate of drug-likeness (QED) is 0.825. The summed E-state index contributed by atoms with van der Waals surface area (Å²) in [7, 11) is 1.47. The molecule has 0 aliphatic heterocycles. The van der Waals surface area contributed by atoms with Crippen LogP contribution in [-0.4, -0.2) is 35.2 Å². The van der Waals surface area contributed by atoms with Crippen molar-refractivity contribution >= 4 is 17.5 Å². The minimum absolute atomic E-state index is 0.0824. The summed E-state index contributed by atoms with van der Waals surface area (Å²) in [5, 5.41) is 3.08. The minimum Gasteiger partial charge on any atom is -0.492 e. The van der Waals surface area contributed by atoms with E-state index in [1.54, 1.807) is 0 Å². The molecule has 106 valence electrons. The number of nitrogens with one attached hydrogen (secondary N) is 1. The normalized spacial score (nSPS) is 10.2. The highest BCUT2D eigenvalue weighted by atomic mass is 35.5. The second-order valence-corrected chi connectivity index (χ2v) is 4.34. The molecular formula is C13H15ClN4O2. The van der Waals surface area contributed by atoms with Crippen molar-refractivity contribution in [3.05, 3.63) is 35.1 Å². The van der Waals surface area contributed by atoms with Crippen LogP contribution in [0.2, 0.25) is 5.28 Å². The highest BCUT2D eigenvalue weighted by molar-refractivity contribution is 6.28. The summed E-state index contributed by atoms with van der Waals surface area (Å²) >= 11 is 5.74. The molecule has 1 aromatic heterocycles. The Morgan fingerprint density at radius 1 is 1.25 bits per heavy atom. The van der Waals surface area contributed by atoms with E-state index < -0.39 is 0 Å². The van der Waals surface area contributed by atoms with Crippen LogP contribution in [0.25, 0.3) is 0 Å². The maximum atomic E-state index is 5.74. The van der Waals surface area contributed by atoms with Crippen LogP contribution in [0.3, 0.4) is 0 Å².